The standard InChI is InChI=1S/C9H18O6/c1-6(9(11,12)13)14-5-7(10)15-8(2,3)4/h6,11-13H,5H2,1-4H3. The average molecular weight is 222 g/mol. The number of ether oxygens (including phenoxy) is 2. The van der Waals surface area contributed by atoms with Gasteiger partial charge in [0, 0.05) is 0 Å². The van der Waals surface area contributed by atoms with E-state index in [-0.39, 0.29) is 0 Å². The van der Waals surface area contributed by atoms with Crippen LogP contribution in [0.1, 0.15) is 27.7 Å². The summed E-state index contributed by atoms with van der Waals surface area (Å²) in [4.78, 5) is 11.1. The Morgan fingerprint density at radius 1 is 1.27 bits per heavy atom. The SMILES string of the molecule is CC(OCC(=O)OC(C)(C)C)C(O)(O)O. The first-order chi connectivity index (χ1) is 6.52. The molecule has 0 aliphatic rings. The second-order valence-corrected chi connectivity index (χ2v) is 4.23. The van der Waals surface area contributed by atoms with Crippen LogP contribution < -0.4 is 0 Å². The quantitative estimate of drug-likeness (QED) is 0.432. The minimum absolute atomic E-state index is 0.456. The second-order valence-electron chi connectivity index (χ2n) is 4.23. The van der Waals surface area contributed by atoms with Crippen LogP contribution in [0.15, 0.2) is 0 Å². The smallest absolute Gasteiger partial charge is 0.332 e. The Bertz CT molecular complexity index is 212. The van der Waals surface area contributed by atoms with Crippen LogP contribution in [0.5, 0.6) is 0 Å². The summed E-state index contributed by atoms with van der Waals surface area (Å²) in [6, 6.07) is 0. The first-order valence-electron chi connectivity index (χ1n) is 4.53. The normalized spacial score (nSPS) is 14.9. The van der Waals surface area contributed by atoms with Crippen LogP contribution in [-0.4, -0.2) is 45.6 Å². The Morgan fingerprint density at radius 3 is 2.07 bits per heavy atom. The van der Waals surface area contributed by atoms with Crippen LogP contribution in [0, 0.1) is 0 Å². The van der Waals surface area contributed by atoms with E-state index in [4.69, 9.17) is 20.1 Å². The molecule has 0 amide bonds. The van der Waals surface area contributed by atoms with E-state index in [0.29, 0.717) is 0 Å². The summed E-state index contributed by atoms with van der Waals surface area (Å²) in [7, 11) is 0. The van der Waals surface area contributed by atoms with Crippen molar-refractivity contribution in [3.63, 3.8) is 0 Å². The average Bonchev–Trinajstić information content (AvgIpc) is 1.94. The number of hydrogen-bond acceptors (Lipinski definition) is 6. The number of esters is 1. The van der Waals surface area contributed by atoms with E-state index in [2.05, 4.69) is 4.74 Å². The van der Waals surface area contributed by atoms with Crippen molar-refractivity contribution < 1.29 is 29.6 Å². The van der Waals surface area contributed by atoms with Gasteiger partial charge in [0.2, 0.25) is 0 Å². The summed E-state index contributed by atoms with van der Waals surface area (Å²) in [6.45, 7) is 5.85. The van der Waals surface area contributed by atoms with Gasteiger partial charge < -0.3 is 24.8 Å². The lowest BCUT2D eigenvalue weighted by Crippen LogP contribution is -2.42. The predicted molar refractivity (Wildman–Crippen MR) is 50.6 cm³/mol. The summed E-state index contributed by atoms with van der Waals surface area (Å²) in [5.41, 5.74) is -0.627. The Labute approximate surface area is 88.4 Å². The molecule has 15 heavy (non-hydrogen) atoms. The van der Waals surface area contributed by atoms with E-state index >= 15 is 0 Å². The van der Waals surface area contributed by atoms with Crippen molar-refractivity contribution in [3.8, 4) is 0 Å². The molecule has 0 aromatic rings. The summed E-state index contributed by atoms with van der Waals surface area (Å²) >= 11 is 0. The zero-order valence-electron chi connectivity index (χ0n) is 9.35. The van der Waals surface area contributed by atoms with Crippen molar-refractivity contribution in [2.45, 2.75) is 45.4 Å². The molecular weight excluding hydrogens is 204 g/mol. The minimum atomic E-state index is -2.96. The Balaban J connectivity index is 3.92. The van der Waals surface area contributed by atoms with E-state index in [0.717, 1.165) is 0 Å². The molecule has 6 nitrogen and oxygen atoms in total. The molecule has 0 aromatic heterocycles. The molecule has 0 aliphatic heterocycles. The molecule has 1 atom stereocenters. The van der Waals surface area contributed by atoms with Gasteiger partial charge in [0.15, 0.2) is 0 Å². The number of carbonyl (C=O) groups excluding carboxylic acids is 1. The zero-order valence-corrected chi connectivity index (χ0v) is 9.35. The third-order valence-electron chi connectivity index (χ3n) is 1.42. The molecule has 1 unspecified atom stereocenters. The maximum atomic E-state index is 11.1. The third kappa shape index (κ3) is 7.26. The van der Waals surface area contributed by atoms with Gasteiger partial charge in [0.25, 0.3) is 0 Å². The number of hydrogen-bond donors (Lipinski definition) is 3. The van der Waals surface area contributed by atoms with Gasteiger partial charge >= 0.3 is 11.9 Å². The molecule has 0 aliphatic carbocycles. The molecule has 0 bridgehead atoms. The largest absolute Gasteiger partial charge is 0.458 e. The molecule has 0 spiro atoms. The summed E-state index contributed by atoms with van der Waals surface area (Å²) in [6.07, 6.45) is -1.30. The molecular formula is C9H18O6. The Kier molecular flexibility index (Phi) is 4.66. The van der Waals surface area contributed by atoms with Gasteiger partial charge in [0.05, 0.1) is 0 Å². The highest BCUT2D eigenvalue weighted by Gasteiger charge is 2.30. The highest BCUT2D eigenvalue weighted by molar-refractivity contribution is 5.71. The molecule has 6 heteroatoms. The molecule has 3 N–H and O–H groups in total. The van der Waals surface area contributed by atoms with E-state index in [1.54, 1.807) is 20.8 Å². The minimum Gasteiger partial charge on any atom is -0.458 e. The predicted octanol–water partition coefficient (Wildman–Crippen LogP) is -0.636. The second kappa shape index (κ2) is 4.89. The fourth-order valence-electron chi connectivity index (χ4n) is 0.676. The molecule has 0 heterocycles. The van der Waals surface area contributed by atoms with Crippen LogP contribution >= 0.6 is 0 Å². The molecule has 0 saturated carbocycles. The van der Waals surface area contributed by atoms with Gasteiger partial charge in [-0.1, -0.05) is 0 Å². The van der Waals surface area contributed by atoms with Crippen LogP contribution in [0.25, 0.3) is 0 Å². The van der Waals surface area contributed by atoms with Gasteiger partial charge in [-0.2, -0.15) is 0 Å². The summed E-state index contributed by atoms with van der Waals surface area (Å²) in [5.74, 6) is -3.60. The zero-order chi connectivity index (χ0) is 12.3. The molecule has 0 radical (unpaired) electrons. The van der Waals surface area contributed by atoms with Crippen LogP contribution in [0.2, 0.25) is 0 Å². The van der Waals surface area contributed by atoms with E-state index in [1.165, 1.54) is 6.92 Å². The van der Waals surface area contributed by atoms with Gasteiger partial charge in [-0.05, 0) is 27.7 Å². The first kappa shape index (κ1) is 14.3. The maximum absolute atomic E-state index is 11.1. The topological polar surface area (TPSA) is 96.2 Å². The van der Waals surface area contributed by atoms with E-state index < -0.39 is 30.3 Å². The van der Waals surface area contributed by atoms with Crippen molar-refractivity contribution in [1.82, 2.24) is 0 Å². The van der Waals surface area contributed by atoms with Crippen molar-refractivity contribution in [2.75, 3.05) is 6.61 Å². The summed E-state index contributed by atoms with van der Waals surface area (Å²) < 4.78 is 9.58. The van der Waals surface area contributed by atoms with Crippen LogP contribution in [0.4, 0.5) is 0 Å². The number of carbonyl (C=O) groups is 1. The van der Waals surface area contributed by atoms with Crippen molar-refractivity contribution in [2.24, 2.45) is 0 Å². The maximum Gasteiger partial charge on any atom is 0.332 e. The number of rotatable bonds is 4. The van der Waals surface area contributed by atoms with Crippen LogP contribution in [-0.2, 0) is 14.3 Å². The highest BCUT2D eigenvalue weighted by Crippen LogP contribution is 2.09. The number of aliphatic hydroxyl groups is 3. The summed E-state index contributed by atoms with van der Waals surface area (Å²) in [5, 5.41) is 26.0. The lowest BCUT2D eigenvalue weighted by Gasteiger charge is -2.23. The first-order valence-corrected chi connectivity index (χ1v) is 4.53. The molecule has 0 aromatic carbocycles. The van der Waals surface area contributed by atoms with E-state index in [9.17, 15) is 4.79 Å². The fourth-order valence-corrected chi connectivity index (χ4v) is 0.676. The van der Waals surface area contributed by atoms with Gasteiger partial charge in [-0.15, -0.1) is 0 Å². The molecule has 0 saturated heterocycles. The van der Waals surface area contributed by atoms with Gasteiger partial charge in [0.1, 0.15) is 18.3 Å². The molecule has 0 rings (SSSR count). The van der Waals surface area contributed by atoms with Gasteiger partial charge in [-0.3, -0.25) is 0 Å². The van der Waals surface area contributed by atoms with Gasteiger partial charge in [-0.25, -0.2) is 4.79 Å². The lowest BCUT2D eigenvalue weighted by molar-refractivity contribution is -0.356. The lowest BCUT2D eigenvalue weighted by atomic mass is 10.2. The Hall–Kier alpha value is -0.690. The third-order valence-corrected chi connectivity index (χ3v) is 1.42. The Morgan fingerprint density at radius 2 is 1.73 bits per heavy atom. The van der Waals surface area contributed by atoms with E-state index in [1.807, 2.05) is 0 Å². The molecule has 0 fully saturated rings. The monoisotopic (exact) mass is 222 g/mol. The van der Waals surface area contributed by atoms with Crippen molar-refractivity contribution >= 4 is 5.97 Å². The van der Waals surface area contributed by atoms with Crippen molar-refractivity contribution in [3.05, 3.63) is 0 Å². The molecule has 90 valence electrons. The fraction of sp³-hybridized carbons (Fsp3) is 0.889. The highest BCUT2D eigenvalue weighted by atomic mass is 16.7. The van der Waals surface area contributed by atoms with Crippen molar-refractivity contribution in [1.29, 1.82) is 0 Å². The van der Waals surface area contributed by atoms with Crippen LogP contribution in [0.3, 0.4) is 0 Å².